The van der Waals surface area contributed by atoms with Gasteiger partial charge in [-0.1, -0.05) is 23.2 Å². The molecule has 9 heteroatoms. The lowest BCUT2D eigenvalue weighted by atomic mass is 10.3. The summed E-state index contributed by atoms with van der Waals surface area (Å²) in [7, 11) is -3.91. The predicted octanol–water partition coefficient (Wildman–Crippen LogP) is 2.51. The second-order valence-corrected chi connectivity index (χ2v) is 6.29. The van der Waals surface area contributed by atoms with Gasteiger partial charge in [0.25, 0.3) is 0 Å². The van der Waals surface area contributed by atoms with Crippen LogP contribution in [0.25, 0.3) is 0 Å². The van der Waals surface area contributed by atoms with Crippen molar-refractivity contribution in [1.29, 1.82) is 0 Å². The summed E-state index contributed by atoms with van der Waals surface area (Å²) in [6.45, 7) is 4.70. The Labute approximate surface area is 127 Å². The smallest absolute Gasteiger partial charge is 0.321 e. The van der Waals surface area contributed by atoms with Crippen LogP contribution in [0, 0.1) is 0 Å². The summed E-state index contributed by atoms with van der Waals surface area (Å²) < 4.78 is 22.5. The van der Waals surface area contributed by atoms with Crippen molar-refractivity contribution in [2.75, 3.05) is 18.4 Å². The highest BCUT2D eigenvalue weighted by molar-refractivity contribution is 7.89. The minimum Gasteiger partial charge on any atom is -0.325 e. The molecule has 0 bridgehead atoms. The normalized spacial score (nSPS) is 11.2. The highest BCUT2D eigenvalue weighted by Crippen LogP contribution is 2.33. The van der Waals surface area contributed by atoms with Crippen molar-refractivity contribution in [3.63, 3.8) is 0 Å². The van der Waals surface area contributed by atoms with E-state index in [0.717, 1.165) is 12.1 Å². The van der Waals surface area contributed by atoms with Crippen molar-refractivity contribution in [1.82, 2.24) is 4.90 Å². The summed E-state index contributed by atoms with van der Waals surface area (Å²) in [4.78, 5) is 13.2. The van der Waals surface area contributed by atoms with Crippen molar-refractivity contribution in [3.8, 4) is 0 Å². The van der Waals surface area contributed by atoms with E-state index in [1.165, 1.54) is 4.90 Å². The number of benzene rings is 1. The minimum absolute atomic E-state index is 0.00188. The molecule has 0 aromatic heterocycles. The fraction of sp³-hybridized carbons (Fsp3) is 0.364. The predicted molar refractivity (Wildman–Crippen MR) is 79.8 cm³/mol. The molecule has 0 saturated carbocycles. The number of anilines is 1. The molecule has 0 atom stereocenters. The number of rotatable bonds is 4. The lowest BCUT2D eigenvalue weighted by molar-refractivity contribution is 0.217. The maximum Gasteiger partial charge on any atom is 0.321 e. The number of nitrogens with two attached hydrogens (primary N) is 1. The second-order valence-electron chi connectivity index (χ2n) is 3.91. The lowest BCUT2D eigenvalue weighted by Crippen LogP contribution is -2.34. The number of carbonyl (C=O) groups excluding carboxylic acids is 1. The number of nitrogens with zero attached hydrogens (tertiary/aromatic N) is 1. The first-order valence-corrected chi connectivity index (χ1v) is 8.08. The highest BCUT2D eigenvalue weighted by atomic mass is 35.5. The van der Waals surface area contributed by atoms with Gasteiger partial charge in [-0.25, -0.2) is 18.4 Å². The molecule has 1 rings (SSSR count). The number of carbonyl (C=O) groups is 1. The van der Waals surface area contributed by atoms with Crippen molar-refractivity contribution in [2.24, 2.45) is 5.14 Å². The fourth-order valence-corrected chi connectivity index (χ4v) is 2.81. The van der Waals surface area contributed by atoms with Crippen LogP contribution in [0.1, 0.15) is 13.8 Å². The van der Waals surface area contributed by atoms with Crippen LogP contribution < -0.4 is 10.5 Å². The number of nitrogens with one attached hydrogen (secondary N) is 1. The molecule has 0 aliphatic carbocycles. The van der Waals surface area contributed by atoms with Gasteiger partial charge in [0.2, 0.25) is 10.0 Å². The van der Waals surface area contributed by atoms with Crippen LogP contribution in [0.15, 0.2) is 17.0 Å². The number of sulfonamides is 1. The first-order valence-electron chi connectivity index (χ1n) is 5.78. The van der Waals surface area contributed by atoms with Crippen LogP contribution in [0.5, 0.6) is 0 Å². The second kappa shape index (κ2) is 6.62. The topological polar surface area (TPSA) is 92.5 Å². The van der Waals surface area contributed by atoms with Gasteiger partial charge in [-0.15, -0.1) is 0 Å². The van der Waals surface area contributed by atoms with E-state index >= 15 is 0 Å². The molecule has 3 N–H and O–H groups in total. The molecule has 6 nitrogen and oxygen atoms in total. The zero-order valence-corrected chi connectivity index (χ0v) is 13.3. The molecular formula is C11H15Cl2N3O3S. The molecule has 2 amide bonds. The maximum atomic E-state index is 11.9. The fourth-order valence-electron chi connectivity index (χ4n) is 1.53. The Morgan fingerprint density at radius 1 is 1.25 bits per heavy atom. The Kier molecular flexibility index (Phi) is 5.64. The summed E-state index contributed by atoms with van der Waals surface area (Å²) in [6, 6.07) is 1.91. The molecular weight excluding hydrogens is 325 g/mol. The third-order valence-corrected chi connectivity index (χ3v) is 4.12. The third kappa shape index (κ3) is 3.99. The van der Waals surface area contributed by atoms with Gasteiger partial charge in [0.05, 0.1) is 20.6 Å². The molecule has 1 aromatic rings. The molecule has 112 valence electrons. The Hall–Kier alpha value is -1.02. The molecule has 0 radical (unpaired) electrons. The summed E-state index contributed by atoms with van der Waals surface area (Å²) in [5.41, 5.74) is 0.151. The zero-order chi connectivity index (χ0) is 15.5. The maximum absolute atomic E-state index is 11.9. The van der Waals surface area contributed by atoms with Gasteiger partial charge in [-0.05, 0) is 26.0 Å². The molecule has 0 spiro atoms. The quantitative estimate of drug-likeness (QED) is 0.882. The standard InChI is InChI=1S/C11H15Cl2N3O3S/c1-3-16(4-2)11(17)15-10-8(12)5-7(6-9(10)13)20(14,18)19/h5-6H,3-4H2,1-2H3,(H,15,17)(H2,14,18,19). The van der Waals surface area contributed by atoms with Crippen LogP contribution in [0.2, 0.25) is 10.0 Å². The number of hydrogen-bond donors (Lipinski definition) is 2. The Morgan fingerprint density at radius 3 is 2.05 bits per heavy atom. The van der Waals surface area contributed by atoms with Gasteiger partial charge in [-0.2, -0.15) is 0 Å². The lowest BCUT2D eigenvalue weighted by Gasteiger charge is -2.20. The summed E-state index contributed by atoms with van der Waals surface area (Å²) in [5, 5.41) is 7.55. The summed E-state index contributed by atoms with van der Waals surface area (Å²) in [5.74, 6) is 0. The molecule has 0 heterocycles. The van der Waals surface area contributed by atoms with Gasteiger partial charge >= 0.3 is 6.03 Å². The molecule has 1 aromatic carbocycles. The molecule has 0 saturated heterocycles. The van der Waals surface area contributed by atoms with Crippen LogP contribution in [-0.4, -0.2) is 32.4 Å². The number of halogens is 2. The van der Waals surface area contributed by atoms with Crippen LogP contribution in [0.3, 0.4) is 0 Å². The first kappa shape index (κ1) is 17.0. The van der Waals surface area contributed by atoms with Crippen molar-refractivity contribution in [3.05, 3.63) is 22.2 Å². The number of primary sulfonamides is 1. The number of amides is 2. The molecule has 0 fully saturated rings. The number of hydrogen-bond acceptors (Lipinski definition) is 3. The van der Waals surface area contributed by atoms with E-state index < -0.39 is 10.0 Å². The SMILES string of the molecule is CCN(CC)C(=O)Nc1c(Cl)cc(S(N)(=O)=O)cc1Cl. The van der Waals surface area contributed by atoms with E-state index in [9.17, 15) is 13.2 Å². The van der Waals surface area contributed by atoms with Crippen molar-refractivity contribution in [2.45, 2.75) is 18.7 Å². The van der Waals surface area contributed by atoms with Crippen LogP contribution >= 0.6 is 23.2 Å². The van der Waals surface area contributed by atoms with E-state index in [4.69, 9.17) is 28.3 Å². The van der Waals surface area contributed by atoms with Crippen molar-refractivity contribution >= 4 is 44.9 Å². The van der Waals surface area contributed by atoms with Crippen LogP contribution in [0.4, 0.5) is 10.5 Å². The van der Waals surface area contributed by atoms with E-state index in [2.05, 4.69) is 5.32 Å². The van der Waals surface area contributed by atoms with E-state index in [1.54, 1.807) is 0 Å². The minimum atomic E-state index is -3.91. The summed E-state index contributed by atoms with van der Waals surface area (Å²) in [6.07, 6.45) is 0. The van der Waals surface area contributed by atoms with E-state index in [0.29, 0.717) is 13.1 Å². The molecule has 0 aliphatic heterocycles. The van der Waals surface area contributed by atoms with E-state index in [1.807, 2.05) is 13.8 Å². The Morgan fingerprint density at radius 2 is 1.70 bits per heavy atom. The van der Waals surface area contributed by atoms with Gasteiger partial charge in [-0.3, -0.25) is 0 Å². The number of urea groups is 1. The monoisotopic (exact) mass is 339 g/mol. The van der Waals surface area contributed by atoms with Gasteiger partial charge in [0, 0.05) is 13.1 Å². The molecule has 20 heavy (non-hydrogen) atoms. The van der Waals surface area contributed by atoms with Gasteiger partial charge in [0.1, 0.15) is 0 Å². The van der Waals surface area contributed by atoms with Gasteiger partial charge < -0.3 is 10.2 Å². The molecule has 0 aliphatic rings. The average Bonchev–Trinajstić information content (AvgIpc) is 2.33. The first-order chi connectivity index (χ1) is 9.20. The Balaban J connectivity index is 3.13. The summed E-state index contributed by atoms with van der Waals surface area (Å²) >= 11 is 11.9. The van der Waals surface area contributed by atoms with Crippen molar-refractivity contribution < 1.29 is 13.2 Å². The largest absolute Gasteiger partial charge is 0.325 e. The van der Waals surface area contributed by atoms with Gasteiger partial charge in [0.15, 0.2) is 0 Å². The van der Waals surface area contributed by atoms with Crippen LogP contribution in [-0.2, 0) is 10.0 Å². The average molecular weight is 340 g/mol. The highest BCUT2D eigenvalue weighted by Gasteiger charge is 2.18. The molecule has 0 unspecified atom stereocenters. The zero-order valence-electron chi connectivity index (χ0n) is 11.0. The third-order valence-electron chi connectivity index (χ3n) is 2.63. The Bertz CT molecular complexity index is 592. The van der Waals surface area contributed by atoms with E-state index in [-0.39, 0.29) is 26.7 Å².